The van der Waals surface area contributed by atoms with Crippen molar-refractivity contribution in [3.8, 4) is 0 Å². The van der Waals surface area contributed by atoms with Crippen LogP contribution < -0.4 is 0 Å². The molecule has 5 atom stereocenters. The molecule has 5 unspecified atom stereocenters. The fraction of sp³-hybridized carbons (Fsp3) is 0.783. The van der Waals surface area contributed by atoms with Gasteiger partial charge in [0.25, 0.3) is 0 Å². The van der Waals surface area contributed by atoms with Gasteiger partial charge >= 0.3 is 11.9 Å². The summed E-state index contributed by atoms with van der Waals surface area (Å²) < 4.78 is 23.0. The molecule has 1 spiro atoms. The molecule has 30 heavy (non-hydrogen) atoms. The minimum Gasteiger partial charge on any atom is -0.497 e. The maximum absolute atomic E-state index is 12.4. The van der Waals surface area contributed by atoms with Crippen molar-refractivity contribution >= 4 is 17.7 Å². The highest BCUT2D eigenvalue weighted by molar-refractivity contribution is 5.80. The average Bonchev–Trinajstić information content (AvgIpc) is 3.38. The van der Waals surface area contributed by atoms with Crippen LogP contribution in [0.1, 0.15) is 60.3 Å². The lowest BCUT2D eigenvalue weighted by atomic mass is 9.77. The zero-order chi connectivity index (χ0) is 22.1. The maximum Gasteiger partial charge on any atom is 0.306 e. The monoisotopic (exact) mass is 422 g/mol. The van der Waals surface area contributed by atoms with Gasteiger partial charge in [-0.15, -0.1) is 0 Å². The van der Waals surface area contributed by atoms with E-state index in [0.29, 0.717) is 32.3 Å². The summed E-state index contributed by atoms with van der Waals surface area (Å²) in [7, 11) is 0. The van der Waals surface area contributed by atoms with Crippen LogP contribution >= 0.6 is 0 Å². The molecule has 168 valence electrons. The maximum atomic E-state index is 12.4. The second-order valence-electron chi connectivity index (χ2n) is 9.50. The Morgan fingerprint density at radius 3 is 2.50 bits per heavy atom. The number of esters is 2. The van der Waals surface area contributed by atoms with E-state index in [0.717, 1.165) is 5.57 Å². The summed E-state index contributed by atoms with van der Waals surface area (Å²) in [5.41, 5.74) is 0.303. The van der Waals surface area contributed by atoms with Crippen molar-refractivity contribution in [2.24, 2.45) is 23.7 Å². The van der Waals surface area contributed by atoms with E-state index in [4.69, 9.17) is 18.9 Å². The van der Waals surface area contributed by atoms with E-state index < -0.39 is 5.60 Å². The molecule has 7 heteroatoms. The van der Waals surface area contributed by atoms with Gasteiger partial charge in [-0.2, -0.15) is 0 Å². The zero-order valence-electron chi connectivity index (χ0n) is 18.6. The lowest BCUT2D eigenvalue weighted by Crippen LogP contribution is -2.43. The normalized spacial score (nSPS) is 31.9. The molecule has 1 saturated heterocycles. The van der Waals surface area contributed by atoms with Crippen LogP contribution in [0.25, 0.3) is 0 Å². The molecule has 3 aliphatic rings. The molecular weight excluding hydrogens is 388 g/mol. The number of fused-ring (bicyclic) bond motifs is 2. The summed E-state index contributed by atoms with van der Waals surface area (Å²) in [6.45, 7) is 9.79. The molecule has 2 heterocycles. The summed E-state index contributed by atoms with van der Waals surface area (Å²) >= 11 is 0. The van der Waals surface area contributed by atoms with E-state index in [1.54, 1.807) is 6.26 Å². The molecule has 0 radical (unpaired) electrons. The van der Waals surface area contributed by atoms with E-state index in [-0.39, 0.29) is 60.2 Å². The third-order valence-corrected chi connectivity index (χ3v) is 6.37. The summed E-state index contributed by atoms with van der Waals surface area (Å²) in [5.74, 6) is -0.183. The van der Waals surface area contributed by atoms with Crippen LogP contribution in [0, 0.1) is 23.7 Å². The Hall–Kier alpha value is -1.89. The molecule has 2 aliphatic heterocycles. The van der Waals surface area contributed by atoms with Crippen LogP contribution in [0.4, 0.5) is 0 Å². The van der Waals surface area contributed by atoms with Gasteiger partial charge in [0.1, 0.15) is 30.2 Å². The van der Waals surface area contributed by atoms with Crippen molar-refractivity contribution in [3.05, 3.63) is 11.8 Å². The standard InChI is InChI=1S/C23H34O7/c1-13(2)8-21(26)30-20-9-17-16(10-27-15(5)24)11-28-19(7-6-18(25)14(3)4)22(17)23(20)12-29-23/h11,13-14,17,19-20,22H,6-10,12H2,1-5H3. The van der Waals surface area contributed by atoms with E-state index in [1.807, 2.05) is 27.7 Å². The molecule has 0 aromatic heterocycles. The minimum atomic E-state index is -0.571. The predicted molar refractivity (Wildman–Crippen MR) is 108 cm³/mol. The molecule has 0 aromatic carbocycles. The largest absolute Gasteiger partial charge is 0.497 e. The molecule has 1 aliphatic carbocycles. The molecule has 7 nitrogen and oxygen atoms in total. The average molecular weight is 423 g/mol. The Bertz CT molecular complexity index is 704. The number of ketones is 1. The van der Waals surface area contributed by atoms with Gasteiger partial charge in [-0.3, -0.25) is 14.4 Å². The van der Waals surface area contributed by atoms with E-state index in [9.17, 15) is 14.4 Å². The Kier molecular flexibility index (Phi) is 6.90. The van der Waals surface area contributed by atoms with Gasteiger partial charge in [-0.1, -0.05) is 27.7 Å². The minimum absolute atomic E-state index is 0.0149. The van der Waals surface area contributed by atoms with E-state index in [1.165, 1.54) is 6.92 Å². The van der Waals surface area contributed by atoms with Crippen molar-refractivity contribution in [3.63, 3.8) is 0 Å². The van der Waals surface area contributed by atoms with Crippen molar-refractivity contribution < 1.29 is 33.3 Å². The van der Waals surface area contributed by atoms with Crippen molar-refractivity contribution in [1.29, 1.82) is 0 Å². The Morgan fingerprint density at radius 1 is 1.23 bits per heavy atom. The molecule has 0 aromatic rings. The first kappa shape index (κ1) is 22.8. The summed E-state index contributed by atoms with van der Waals surface area (Å²) in [6, 6.07) is 0. The summed E-state index contributed by atoms with van der Waals surface area (Å²) in [4.78, 5) is 35.9. The number of hydrogen-bond donors (Lipinski definition) is 0. The summed E-state index contributed by atoms with van der Waals surface area (Å²) in [5, 5.41) is 0. The smallest absolute Gasteiger partial charge is 0.306 e. The quantitative estimate of drug-likeness (QED) is 0.416. The summed E-state index contributed by atoms with van der Waals surface area (Å²) in [6.07, 6.45) is 3.11. The highest BCUT2D eigenvalue weighted by Crippen LogP contribution is 2.58. The topological polar surface area (TPSA) is 91.4 Å². The van der Waals surface area contributed by atoms with E-state index >= 15 is 0 Å². The third kappa shape index (κ3) is 4.88. The van der Waals surface area contributed by atoms with Gasteiger partial charge in [-0.05, 0) is 24.7 Å². The first-order chi connectivity index (χ1) is 14.1. The Labute approximate surface area is 178 Å². The fourth-order valence-electron chi connectivity index (χ4n) is 4.73. The Morgan fingerprint density at radius 2 is 1.93 bits per heavy atom. The molecule has 2 fully saturated rings. The number of carbonyl (C=O) groups excluding carboxylic acids is 3. The van der Waals surface area contributed by atoms with E-state index in [2.05, 4.69) is 0 Å². The van der Waals surface area contributed by atoms with Gasteiger partial charge in [0.15, 0.2) is 0 Å². The second kappa shape index (κ2) is 9.08. The highest BCUT2D eigenvalue weighted by Gasteiger charge is 2.69. The number of rotatable bonds is 9. The first-order valence-electron chi connectivity index (χ1n) is 11.0. The van der Waals surface area contributed by atoms with Crippen molar-refractivity contribution in [2.75, 3.05) is 13.2 Å². The van der Waals surface area contributed by atoms with Crippen molar-refractivity contribution in [1.82, 2.24) is 0 Å². The number of epoxide rings is 1. The zero-order valence-corrected chi connectivity index (χ0v) is 18.6. The molecule has 0 bridgehead atoms. The van der Waals surface area contributed by atoms with Gasteiger partial charge in [0.05, 0.1) is 12.9 Å². The predicted octanol–water partition coefficient (Wildman–Crippen LogP) is 3.20. The van der Waals surface area contributed by atoms with Crippen LogP contribution in [0.2, 0.25) is 0 Å². The molecule has 0 N–H and O–H groups in total. The SMILES string of the molecule is CC(=O)OCC1=COC(CCC(=O)C(C)C)C2C1CC(OC(=O)CC(C)C)C21CO1. The van der Waals surface area contributed by atoms with Crippen LogP contribution in [-0.2, 0) is 33.3 Å². The van der Waals surface area contributed by atoms with Gasteiger partial charge in [0.2, 0.25) is 0 Å². The van der Waals surface area contributed by atoms with Gasteiger partial charge in [0, 0.05) is 37.2 Å². The van der Waals surface area contributed by atoms with Gasteiger partial charge in [-0.25, -0.2) is 0 Å². The number of ether oxygens (including phenoxy) is 4. The van der Waals surface area contributed by atoms with Crippen LogP contribution in [0.15, 0.2) is 11.8 Å². The van der Waals surface area contributed by atoms with Crippen LogP contribution in [0.3, 0.4) is 0 Å². The number of carbonyl (C=O) groups is 3. The lowest BCUT2D eigenvalue weighted by molar-refractivity contribution is -0.153. The number of Topliss-reactive ketones (excluding diaryl/α,β-unsaturated/α-hetero) is 1. The highest BCUT2D eigenvalue weighted by atomic mass is 16.6. The number of hydrogen-bond acceptors (Lipinski definition) is 7. The lowest BCUT2D eigenvalue weighted by Gasteiger charge is -2.36. The van der Waals surface area contributed by atoms with Crippen LogP contribution in [0.5, 0.6) is 0 Å². The third-order valence-electron chi connectivity index (χ3n) is 6.37. The fourth-order valence-corrected chi connectivity index (χ4v) is 4.73. The Balaban J connectivity index is 1.78. The molecular formula is C23H34O7. The molecule has 3 rings (SSSR count). The van der Waals surface area contributed by atoms with Crippen molar-refractivity contribution in [2.45, 2.75) is 78.1 Å². The van der Waals surface area contributed by atoms with Gasteiger partial charge < -0.3 is 18.9 Å². The second-order valence-corrected chi connectivity index (χ2v) is 9.50. The van der Waals surface area contributed by atoms with Crippen LogP contribution in [-0.4, -0.2) is 48.7 Å². The molecule has 1 saturated carbocycles. The molecule has 0 amide bonds. The first-order valence-corrected chi connectivity index (χ1v) is 11.0.